The summed E-state index contributed by atoms with van der Waals surface area (Å²) in [7, 11) is 0. The van der Waals surface area contributed by atoms with Gasteiger partial charge in [0.25, 0.3) is 0 Å². The Balaban J connectivity index is 1.83. The van der Waals surface area contributed by atoms with Crippen molar-refractivity contribution < 1.29 is 9.53 Å². The normalized spacial score (nSPS) is 17.0. The molecule has 2 aliphatic carbocycles. The molecule has 0 heterocycles. The highest BCUT2D eigenvalue weighted by atomic mass is 32.2. The number of hydrogen-bond acceptors (Lipinski definition) is 4. The van der Waals surface area contributed by atoms with Crippen LogP contribution in [0.4, 0.5) is 4.79 Å². The maximum atomic E-state index is 11.7. The molecule has 2 rings (SSSR count). The van der Waals surface area contributed by atoms with Crippen LogP contribution in [0.3, 0.4) is 0 Å². The standard InChI is InChI=1S/C18H25NO2S2/c1-2-19-18(20)21-15(13-22-16-9-5-3-6-10-16)14-23-17-11-7-4-8-12-17/h5,7,9-12,15H,2-4,6,8,13-14H2,1H3,(H,19,20). The second-order valence-corrected chi connectivity index (χ2v) is 7.54. The molecule has 126 valence electrons. The predicted octanol–water partition coefficient (Wildman–Crippen LogP) is 5.04. The van der Waals surface area contributed by atoms with Crippen molar-refractivity contribution in [2.45, 2.75) is 38.7 Å². The van der Waals surface area contributed by atoms with E-state index in [-0.39, 0.29) is 12.2 Å². The van der Waals surface area contributed by atoms with E-state index in [1.807, 2.05) is 6.92 Å². The van der Waals surface area contributed by atoms with E-state index >= 15 is 0 Å². The number of nitrogens with one attached hydrogen (secondary N) is 1. The molecule has 0 bridgehead atoms. The fourth-order valence-electron chi connectivity index (χ4n) is 2.22. The van der Waals surface area contributed by atoms with Gasteiger partial charge in [0.2, 0.25) is 0 Å². The van der Waals surface area contributed by atoms with Gasteiger partial charge in [-0.05, 0) is 32.6 Å². The van der Waals surface area contributed by atoms with Crippen LogP contribution in [-0.2, 0) is 4.74 Å². The number of carbonyl (C=O) groups excluding carboxylic acids is 1. The predicted molar refractivity (Wildman–Crippen MR) is 102 cm³/mol. The lowest BCUT2D eigenvalue weighted by atomic mass is 10.2. The molecule has 0 atom stereocenters. The second-order valence-electron chi connectivity index (χ2n) is 5.35. The molecular weight excluding hydrogens is 326 g/mol. The third-order valence-corrected chi connectivity index (χ3v) is 5.74. The minimum absolute atomic E-state index is 0.0935. The molecular formula is C18H25NO2S2. The van der Waals surface area contributed by atoms with Crippen molar-refractivity contribution in [3.8, 4) is 0 Å². The van der Waals surface area contributed by atoms with Gasteiger partial charge < -0.3 is 10.1 Å². The summed E-state index contributed by atoms with van der Waals surface area (Å²) in [4.78, 5) is 14.3. The quantitative estimate of drug-likeness (QED) is 0.665. The fourth-order valence-corrected chi connectivity index (χ4v) is 4.36. The van der Waals surface area contributed by atoms with E-state index in [0.717, 1.165) is 37.2 Å². The molecule has 2 aliphatic rings. The third-order valence-electron chi connectivity index (χ3n) is 3.39. The number of amides is 1. The number of alkyl carbamates (subject to hydrolysis) is 1. The van der Waals surface area contributed by atoms with Crippen LogP contribution in [0.1, 0.15) is 32.6 Å². The summed E-state index contributed by atoms with van der Waals surface area (Å²) in [5.74, 6) is 1.58. The molecule has 0 aromatic carbocycles. The van der Waals surface area contributed by atoms with Gasteiger partial charge in [0.15, 0.2) is 0 Å². The molecule has 5 heteroatoms. The molecule has 3 nitrogen and oxygen atoms in total. The lowest BCUT2D eigenvalue weighted by molar-refractivity contribution is 0.120. The Morgan fingerprint density at radius 3 is 2.09 bits per heavy atom. The average molecular weight is 352 g/mol. The minimum Gasteiger partial charge on any atom is -0.444 e. The van der Waals surface area contributed by atoms with Gasteiger partial charge in [-0.25, -0.2) is 4.79 Å². The molecule has 1 N–H and O–H groups in total. The Morgan fingerprint density at radius 1 is 1.09 bits per heavy atom. The van der Waals surface area contributed by atoms with Crippen molar-refractivity contribution in [1.82, 2.24) is 5.32 Å². The molecule has 0 saturated heterocycles. The Hall–Kier alpha value is -1.07. The highest BCUT2D eigenvalue weighted by molar-refractivity contribution is 8.04. The molecule has 0 aromatic rings. The van der Waals surface area contributed by atoms with Crippen molar-refractivity contribution in [2.75, 3.05) is 18.1 Å². The number of ether oxygens (including phenoxy) is 1. The molecule has 0 saturated carbocycles. The van der Waals surface area contributed by atoms with Crippen LogP contribution >= 0.6 is 23.5 Å². The first-order valence-electron chi connectivity index (χ1n) is 8.21. The molecule has 0 unspecified atom stereocenters. The Morgan fingerprint density at radius 2 is 1.65 bits per heavy atom. The first kappa shape index (κ1) is 18.3. The van der Waals surface area contributed by atoms with Crippen LogP contribution in [-0.4, -0.2) is 30.2 Å². The maximum Gasteiger partial charge on any atom is 0.407 e. The topological polar surface area (TPSA) is 38.3 Å². The highest BCUT2D eigenvalue weighted by Gasteiger charge is 2.16. The van der Waals surface area contributed by atoms with E-state index in [9.17, 15) is 4.79 Å². The van der Waals surface area contributed by atoms with Gasteiger partial charge in [-0.1, -0.05) is 36.5 Å². The van der Waals surface area contributed by atoms with Crippen LogP contribution in [0.15, 0.2) is 46.3 Å². The number of rotatable bonds is 8. The zero-order valence-electron chi connectivity index (χ0n) is 13.6. The van der Waals surface area contributed by atoms with Gasteiger partial charge in [-0.15, -0.1) is 23.5 Å². The lowest BCUT2D eigenvalue weighted by Gasteiger charge is -2.19. The molecule has 0 aliphatic heterocycles. The van der Waals surface area contributed by atoms with Gasteiger partial charge in [-0.3, -0.25) is 0 Å². The first-order chi connectivity index (χ1) is 11.3. The summed E-state index contributed by atoms with van der Waals surface area (Å²) >= 11 is 3.54. The largest absolute Gasteiger partial charge is 0.444 e. The van der Waals surface area contributed by atoms with Gasteiger partial charge in [0, 0.05) is 27.9 Å². The van der Waals surface area contributed by atoms with Crippen molar-refractivity contribution in [3.05, 3.63) is 46.3 Å². The van der Waals surface area contributed by atoms with Gasteiger partial charge in [0.1, 0.15) is 6.10 Å². The van der Waals surface area contributed by atoms with E-state index in [4.69, 9.17) is 4.74 Å². The summed E-state index contributed by atoms with van der Waals surface area (Å²) in [5.41, 5.74) is 0. The van der Waals surface area contributed by atoms with Gasteiger partial charge in [0.05, 0.1) is 0 Å². The molecule has 0 aromatic heterocycles. The summed E-state index contributed by atoms with van der Waals surface area (Å²) in [6.07, 6.45) is 17.3. The third kappa shape index (κ3) is 7.36. The van der Waals surface area contributed by atoms with E-state index < -0.39 is 0 Å². The molecule has 0 spiro atoms. The van der Waals surface area contributed by atoms with Crippen LogP contribution in [0.25, 0.3) is 0 Å². The summed E-state index contributed by atoms with van der Waals surface area (Å²) in [5, 5.41) is 2.72. The van der Waals surface area contributed by atoms with Crippen LogP contribution in [0.5, 0.6) is 0 Å². The minimum atomic E-state index is -0.319. The van der Waals surface area contributed by atoms with E-state index in [0.29, 0.717) is 6.54 Å². The van der Waals surface area contributed by atoms with Crippen molar-refractivity contribution in [1.29, 1.82) is 0 Å². The fraction of sp³-hybridized carbons (Fsp3) is 0.500. The SMILES string of the molecule is CCNC(=O)OC(CSC1=CCCC=C1)CSC1=CCCC=C1. The number of allylic oxidation sites excluding steroid dienone is 6. The molecule has 23 heavy (non-hydrogen) atoms. The summed E-state index contributed by atoms with van der Waals surface area (Å²) in [6.45, 7) is 2.49. The van der Waals surface area contributed by atoms with Gasteiger partial charge in [-0.2, -0.15) is 0 Å². The van der Waals surface area contributed by atoms with E-state index in [2.05, 4.69) is 41.8 Å². The van der Waals surface area contributed by atoms with Crippen molar-refractivity contribution >= 4 is 29.6 Å². The van der Waals surface area contributed by atoms with E-state index in [1.165, 1.54) is 9.81 Å². The van der Waals surface area contributed by atoms with Gasteiger partial charge >= 0.3 is 6.09 Å². The zero-order valence-corrected chi connectivity index (χ0v) is 15.3. The zero-order chi connectivity index (χ0) is 16.3. The number of hydrogen-bond donors (Lipinski definition) is 1. The van der Waals surface area contributed by atoms with Crippen LogP contribution < -0.4 is 5.32 Å². The molecule has 1 amide bonds. The number of thioether (sulfide) groups is 2. The Labute approximate surface area is 147 Å². The highest BCUT2D eigenvalue weighted by Crippen LogP contribution is 2.27. The van der Waals surface area contributed by atoms with Crippen LogP contribution in [0.2, 0.25) is 0 Å². The van der Waals surface area contributed by atoms with E-state index in [1.54, 1.807) is 23.5 Å². The molecule has 0 fully saturated rings. The monoisotopic (exact) mass is 351 g/mol. The Bertz CT molecular complexity index is 473. The van der Waals surface area contributed by atoms with Crippen molar-refractivity contribution in [2.24, 2.45) is 0 Å². The second kappa shape index (κ2) is 10.7. The summed E-state index contributed by atoms with van der Waals surface area (Å²) in [6, 6.07) is 0. The smallest absolute Gasteiger partial charge is 0.407 e. The first-order valence-corrected chi connectivity index (χ1v) is 10.2. The molecule has 0 radical (unpaired) electrons. The van der Waals surface area contributed by atoms with Crippen molar-refractivity contribution in [3.63, 3.8) is 0 Å². The van der Waals surface area contributed by atoms with Crippen LogP contribution in [0, 0.1) is 0 Å². The summed E-state index contributed by atoms with van der Waals surface area (Å²) < 4.78 is 5.58. The average Bonchev–Trinajstić information content (AvgIpc) is 2.59. The Kier molecular flexibility index (Phi) is 8.47. The maximum absolute atomic E-state index is 11.7. The number of carbonyl (C=O) groups is 1. The lowest BCUT2D eigenvalue weighted by Crippen LogP contribution is -2.31.